The highest BCUT2D eigenvalue weighted by molar-refractivity contribution is 6.32. The summed E-state index contributed by atoms with van der Waals surface area (Å²) in [5, 5.41) is 0.283. The minimum absolute atomic E-state index is 0.0704. The maximum absolute atomic E-state index is 12.1. The van der Waals surface area contributed by atoms with Crippen molar-refractivity contribution in [3.8, 4) is 11.5 Å². The summed E-state index contributed by atoms with van der Waals surface area (Å²) in [5.74, 6) is 0.0626. The van der Waals surface area contributed by atoms with E-state index in [0.717, 1.165) is 38.8 Å². The SMILES string of the molecule is O=C(OCC(=O)N1CCCCCC1)c1cc(Cl)c2c(c1)OCO2. The van der Waals surface area contributed by atoms with Crippen LogP contribution in [0.25, 0.3) is 0 Å². The molecule has 2 heterocycles. The summed E-state index contributed by atoms with van der Waals surface area (Å²) in [7, 11) is 0. The van der Waals surface area contributed by atoms with E-state index in [1.807, 2.05) is 0 Å². The summed E-state index contributed by atoms with van der Waals surface area (Å²) in [6, 6.07) is 2.96. The number of esters is 1. The first-order valence-electron chi connectivity index (χ1n) is 7.69. The molecule has 0 bridgehead atoms. The van der Waals surface area contributed by atoms with Gasteiger partial charge in [0.15, 0.2) is 18.1 Å². The minimum atomic E-state index is -0.603. The zero-order chi connectivity index (χ0) is 16.2. The van der Waals surface area contributed by atoms with Gasteiger partial charge in [0.1, 0.15) is 0 Å². The second kappa shape index (κ2) is 7.08. The molecule has 2 aliphatic heterocycles. The Morgan fingerprint density at radius 3 is 2.61 bits per heavy atom. The molecule has 6 nitrogen and oxygen atoms in total. The topological polar surface area (TPSA) is 65.1 Å². The standard InChI is InChI=1S/C16H18ClNO5/c17-12-7-11(8-13-15(12)23-10-22-13)16(20)21-9-14(19)18-5-3-1-2-4-6-18/h7-8H,1-6,9-10H2. The van der Waals surface area contributed by atoms with Gasteiger partial charge in [-0.25, -0.2) is 4.79 Å². The Hall–Kier alpha value is -1.95. The molecule has 1 fully saturated rings. The van der Waals surface area contributed by atoms with Crippen LogP contribution in [-0.4, -0.2) is 43.3 Å². The van der Waals surface area contributed by atoms with Crippen molar-refractivity contribution in [2.24, 2.45) is 0 Å². The highest BCUT2D eigenvalue weighted by atomic mass is 35.5. The van der Waals surface area contributed by atoms with E-state index in [2.05, 4.69) is 0 Å². The monoisotopic (exact) mass is 339 g/mol. The molecule has 0 aromatic heterocycles. The van der Waals surface area contributed by atoms with Crippen LogP contribution in [0.1, 0.15) is 36.0 Å². The van der Waals surface area contributed by atoms with Gasteiger partial charge in [-0.3, -0.25) is 4.79 Å². The molecule has 1 saturated heterocycles. The molecule has 7 heteroatoms. The van der Waals surface area contributed by atoms with E-state index in [1.165, 1.54) is 12.1 Å². The van der Waals surface area contributed by atoms with Gasteiger partial charge in [0.05, 0.1) is 10.6 Å². The summed E-state index contributed by atoms with van der Waals surface area (Å²) in [5.41, 5.74) is 0.239. The molecule has 1 amide bonds. The Labute approximate surface area is 139 Å². The number of carbonyl (C=O) groups is 2. The van der Waals surface area contributed by atoms with Crippen molar-refractivity contribution in [1.82, 2.24) is 4.90 Å². The van der Waals surface area contributed by atoms with Crippen molar-refractivity contribution in [2.45, 2.75) is 25.7 Å². The molecular weight excluding hydrogens is 322 g/mol. The predicted octanol–water partition coefficient (Wildman–Crippen LogP) is 2.63. The molecule has 23 heavy (non-hydrogen) atoms. The third-order valence-electron chi connectivity index (χ3n) is 3.95. The average molecular weight is 340 g/mol. The highest BCUT2D eigenvalue weighted by Crippen LogP contribution is 2.39. The average Bonchev–Trinajstić information content (AvgIpc) is 2.86. The fraction of sp³-hybridized carbons (Fsp3) is 0.500. The Morgan fingerprint density at radius 1 is 1.13 bits per heavy atom. The molecule has 0 radical (unpaired) electrons. The molecule has 0 saturated carbocycles. The highest BCUT2D eigenvalue weighted by Gasteiger charge is 2.22. The molecule has 3 rings (SSSR count). The third-order valence-corrected chi connectivity index (χ3v) is 4.23. The lowest BCUT2D eigenvalue weighted by Gasteiger charge is -2.19. The predicted molar refractivity (Wildman–Crippen MR) is 82.9 cm³/mol. The van der Waals surface area contributed by atoms with Crippen molar-refractivity contribution < 1.29 is 23.8 Å². The summed E-state index contributed by atoms with van der Waals surface area (Å²) >= 11 is 6.03. The summed E-state index contributed by atoms with van der Waals surface area (Å²) in [6.45, 7) is 1.27. The van der Waals surface area contributed by atoms with Crippen LogP contribution in [0, 0.1) is 0 Å². The molecule has 0 atom stereocenters. The molecule has 1 aromatic rings. The summed E-state index contributed by atoms with van der Waals surface area (Å²) < 4.78 is 15.5. The number of hydrogen-bond donors (Lipinski definition) is 0. The molecule has 0 aliphatic carbocycles. The maximum Gasteiger partial charge on any atom is 0.338 e. The van der Waals surface area contributed by atoms with E-state index in [1.54, 1.807) is 4.90 Å². The number of hydrogen-bond acceptors (Lipinski definition) is 5. The van der Waals surface area contributed by atoms with Gasteiger partial charge in [-0.1, -0.05) is 24.4 Å². The van der Waals surface area contributed by atoms with Crippen LogP contribution in [-0.2, 0) is 9.53 Å². The number of likely N-dealkylation sites (tertiary alicyclic amines) is 1. The van der Waals surface area contributed by atoms with Crippen molar-refractivity contribution in [3.05, 3.63) is 22.7 Å². The fourth-order valence-corrected chi connectivity index (χ4v) is 2.97. The van der Waals surface area contributed by atoms with Gasteiger partial charge in [0, 0.05) is 13.1 Å². The maximum atomic E-state index is 12.1. The van der Waals surface area contributed by atoms with Gasteiger partial charge in [-0.15, -0.1) is 0 Å². The van der Waals surface area contributed by atoms with Gasteiger partial charge < -0.3 is 19.1 Å². The lowest BCUT2D eigenvalue weighted by molar-refractivity contribution is -0.134. The van der Waals surface area contributed by atoms with Gasteiger partial charge in [-0.2, -0.15) is 0 Å². The van der Waals surface area contributed by atoms with E-state index in [-0.39, 0.29) is 29.9 Å². The number of halogens is 1. The van der Waals surface area contributed by atoms with E-state index in [9.17, 15) is 9.59 Å². The molecular formula is C16H18ClNO5. The first kappa shape index (κ1) is 15.9. The van der Waals surface area contributed by atoms with Crippen molar-refractivity contribution >= 4 is 23.5 Å². The Kier molecular flexibility index (Phi) is 4.91. The van der Waals surface area contributed by atoms with Crippen LogP contribution >= 0.6 is 11.6 Å². The largest absolute Gasteiger partial charge is 0.454 e. The quantitative estimate of drug-likeness (QED) is 0.792. The number of fused-ring (bicyclic) bond motifs is 1. The molecule has 0 unspecified atom stereocenters. The fourth-order valence-electron chi connectivity index (χ4n) is 2.71. The van der Waals surface area contributed by atoms with Crippen molar-refractivity contribution in [2.75, 3.05) is 26.5 Å². The van der Waals surface area contributed by atoms with E-state index in [4.69, 9.17) is 25.8 Å². The zero-order valence-electron chi connectivity index (χ0n) is 12.7. The molecule has 1 aromatic carbocycles. The third kappa shape index (κ3) is 3.69. The van der Waals surface area contributed by atoms with Crippen LogP contribution in [0.4, 0.5) is 0 Å². The normalized spacial score (nSPS) is 16.8. The van der Waals surface area contributed by atoms with E-state index in [0.29, 0.717) is 11.5 Å². The van der Waals surface area contributed by atoms with Gasteiger partial charge in [-0.05, 0) is 25.0 Å². The molecule has 2 aliphatic rings. The Balaban J connectivity index is 1.59. The van der Waals surface area contributed by atoms with Crippen LogP contribution in [0.2, 0.25) is 5.02 Å². The number of rotatable bonds is 3. The number of amides is 1. The number of ether oxygens (including phenoxy) is 3. The second-order valence-corrected chi connectivity index (χ2v) is 5.97. The Morgan fingerprint density at radius 2 is 1.87 bits per heavy atom. The van der Waals surface area contributed by atoms with Gasteiger partial charge in [0.25, 0.3) is 5.91 Å². The number of nitrogens with zero attached hydrogens (tertiary/aromatic N) is 1. The van der Waals surface area contributed by atoms with E-state index < -0.39 is 5.97 Å². The van der Waals surface area contributed by atoms with Crippen LogP contribution in [0.3, 0.4) is 0 Å². The van der Waals surface area contributed by atoms with Crippen molar-refractivity contribution in [1.29, 1.82) is 0 Å². The van der Waals surface area contributed by atoms with Crippen LogP contribution in [0.5, 0.6) is 11.5 Å². The first-order chi connectivity index (χ1) is 11.1. The second-order valence-electron chi connectivity index (χ2n) is 5.56. The Bertz CT molecular complexity index is 611. The molecule has 124 valence electrons. The summed E-state index contributed by atoms with van der Waals surface area (Å²) in [4.78, 5) is 26.0. The lowest BCUT2D eigenvalue weighted by atomic mass is 10.2. The molecule has 0 N–H and O–H groups in total. The zero-order valence-corrected chi connectivity index (χ0v) is 13.4. The van der Waals surface area contributed by atoms with Gasteiger partial charge in [0.2, 0.25) is 6.79 Å². The summed E-state index contributed by atoms with van der Waals surface area (Å²) in [6.07, 6.45) is 4.27. The minimum Gasteiger partial charge on any atom is -0.454 e. The number of carbonyl (C=O) groups excluding carboxylic acids is 2. The van der Waals surface area contributed by atoms with Crippen molar-refractivity contribution in [3.63, 3.8) is 0 Å². The molecule has 0 spiro atoms. The van der Waals surface area contributed by atoms with Crippen LogP contribution < -0.4 is 9.47 Å². The number of benzene rings is 1. The van der Waals surface area contributed by atoms with Gasteiger partial charge >= 0.3 is 5.97 Å². The lowest BCUT2D eigenvalue weighted by Crippen LogP contribution is -2.35. The van der Waals surface area contributed by atoms with Crippen LogP contribution in [0.15, 0.2) is 12.1 Å². The van der Waals surface area contributed by atoms with E-state index >= 15 is 0 Å². The smallest absolute Gasteiger partial charge is 0.338 e. The first-order valence-corrected chi connectivity index (χ1v) is 8.07.